The van der Waals surface area contributed by atoms with Gasteiger partial charge in [0.05, 0.1) is 11.5 Å². The number of anilines is 2. The summed E-state index contributed by atoms with van der Waals surface area (Å²) >= 11 is 0. The lowest BCUT2D eigenvalue weighted by Gasteiger charge is -2.23. The average molecular weight is 437 g/mol. The number of benzene rings is 3. The second-order valence-electron chi connectivity index (χ2n) is 7.45. The number of ether oxygens (including phenoxy) is 1. The monoisotopic (exact) mass is 436 g/mol. The van der Waals surface area contributed by atoms with Crippen molar-refractivity contribution in [2.75, 3.05) is 16.2 Å². The Labute approximate surface area is 182 Å². The van der Waals surface area contributed by atoms with Gasteiger partial charge in [0.25, 0.3) is 15.9 Å². The van der Waals surface area contributed by atoms with E-state index in [1.807, 2.05) is 19.9 Å². The third kappa shape index (κ3) is 4.27. The Morgan fingerprint density at radius 2 is 1.77 bits per heavy atom. The van der Waals surface area contributed by atoms with Crippen molar-refractivity contribution in [1.82, 2.24) is 0 Å². The SMILES string of the molecule is CCOc1ccc(C(=O)N2c3ccc(S(=O)(=O)Nc4ccccc4)cc3C[C@H]2C)cc1. The van der Waals surface area contributed by atoms with Crippen LogP contribution in [0.4, 0.5) is 11.4 Å². The second-order valence-corrected chi connectivity index (χ2v) is 9.13. The summed E-state index contributed by atoms with van der Waals surface area (Å²) in [7, 11) is -3.72. The van der Waals surface area contributed by atoms with Gasteiger partial charge in [0.15, 0.2) is 0 Å². The maximum atomic E-state index is 13.2. The fraction of sp³-hybridized carbons (Fsp3) is 0.208. The van der Waals surface area contributed by atoms with Crippen LogP contribution in [0.25, 0.3) is 0 Å². The van der Waals surface area contributed by atoms with Crippen molar-refractivity contribution >= 4 is 27.3 Å². The zero-order chi connectivity index (χ0) is 22.0. The van der Waals surface area contributed by atoms with E-state index in [0.717, 1.165) is 17.0 Å². The van der Waals surface area contributed by atoms with Crippen LogP contribution in [-0.2, 0) is 16.4 Å². The Kier molecular flexibility index (Phi) is 5.69. The lowest BCUT2D eigenvalue weighted by Crippen LogP contribution is -2.35. The largest absolute Gasteiger partial charge is 0.494 e. The van der Waals surface area contributed by atoms with Gasteiger partial charge < -0.3 is 9.64 Å². The zero-order valence-corrected chi connectivity index (χ0v) is 18.2. The van der Waals surface area contributed by atoms with E-state index < -0.39 is 10.0 Å². The van der Waals surface area contributed by atoms with Crippen molar-refractivity contribution in [1.29, 1.82) is 0 Å². The number of rotatable bonds is 6. The first-order valence-corrected chi connectivity index (χ1v) is 11.6. The number of carbonyl (C=O) groups excluding carboxylic acids is 1. The number of hydrogen-bond acceptors (Lipinski definition) is 4. The summed E-state index contributed by atoms with van der Waals surface area (Å²) in [5.41, 5.74) is 2.64. The zero-order valence-electron chi connectivity index (χ0n) is 17.4. The Morgan fingerprint density at radius 3 is 2.45 bits per heavy atom. The van der Waals surface area contributed by atoms with Gasteiger partial charge in [-0.05, 0) is 80.4 Å². The highest BCUT2D eigenvalue weighted by molar-refractivity contribution is 7.92. The minimum atomic E-state index is -3.72. The maximum absolute atomic E-state index is 13.2. The van der Waals surface area contributed by atoms with E-state index >= 15 is 0 Å². The molecule has 0 aliphatic carbocycles. The van der Waals surface area contributed by atoms with Crippen LogP contribution in [0.5, 0.6) is 5.75 Å². The molecular weight excluding hydrogens is 412 g/mol. The molecule has 160 valence electrons. The van der Waals surface area contributed by atoms with Crippen molar-refractivity contribution in [2.45, 2.75) is 31.2 Å². The Morgan fingerprint density at radius 1 is 1.06 bits per heavy atom. The summed E-state index contributed by atoms with van der Waals surface area (Å²) in [6.07, 6.45) is 0.590. The Hall–Kier alpha value is -3.32. The molecule has 1 atom stereocenters. The summed E-state index contributed by atoms with van der Waals surface area (Å²) in [4.78, 5) is 15.1. The Bertz CT molecular complexity index is 1190. The summed E-state index contributed by atoms with van der Waals surface area (Å²) in [5, 5.41) is 0. The summed E-state index contributed by atoms with van der Waals surface area (Å²) in [5.74, 6) is 0.599. The molecule has 3 aromatic rings. The number of amides is 1. The molecule has 1 amide bonds. The fourth-order valence-electron chi connectivity index (χ4n) is 3.80. The highest BCUT2D eigenvalue weighted by Crippen LogP contribution is 2.35. The van der Waals surface area contributed by atoms with Crippen molar-refractivity contribution in [3.63, 3.8) is 0 Å². The first kappa shape index (κ1) is 20.9. The van der Waals surface area contributed by atoms with E-state index in [-0.39, 0.29) is 16.8 Å². The van der Waals surface area contributed by atoms with Gasteiger partial charge >= 0.3 is 0 Å². The van der Waals surface area contributed by atoms with Crippen LogP contribution in [0.15, 0.2) is 77.7 Å². The van der Waals surface area contributed by atoms with Crippen molar-refractivity contribution in [3.05, 3.63) is 83.9 Å². The molecule has 0 fully saturated rings. The lowest BCUT2D eigenvalue weighted by atomic mass is 10.1. The molecular formula is C24H24N2O4S. The van der Waals surface area contributed by atoms with Gasteiger partial charge in [-0.25, -0.2) is 8.42 Å². The van der Waals surface area contributed by atoms with E-state index in [0.29, 0.717) is 24.3 Å². The molecule has 3 aromatic carbocycles. The molecule has 1 N–H and O–H groups in total. The molecule has 1 aliphatic rings. The average Bonchev–Trinajstić information content (AvgIpc) is 3.09. The van der Waals surface area contributed by atoms with E-state index in [1.54, 1.807) is 71.6 Å². The Balaban J connectivity index is 1.59. The molecule has 31 heavy (non-hydrogen) atoms. The van der Waals surface area contributed by atoms with Crippen LogP contribution in [0.1, 0.15) is 29.8 Å². The molecule has 6 nitrogen and oxygen atoms in total. The number of para-hydroxylation sites is 1. The summed E-state index contributed by atoms with van der Waals surface area (Å²) in [6.45, 7) is 4.43. The summed E-state index contributed by atoms with van der Waals surface area (Å²) in [6, 6.07) is 20.7. The highest BCUT2D eigenvalue weighted by Gasteiger charge is 2.32. The van der Waals surface area contributed by atoms with Crippen molar-refractivity contribution < 1.29 is 17.9 Å². The smallest absolute Gasteiger partial charge is 0.261 e. The molecule has 0 spiro atoms. The van der Waals surface area contributed by atoms with Crippen LogP contribution in [0.2, 0.25) is 0 Å². The van der Waals surface area contributed by atoms with Gasteiger partial charge in [-0.15, -0.1) is 0 Å². The van der Waals surface area contributed by atoms with Crippen molar-refractivity contribution in [3.8, 4) is 5.75 Å². The van der Waals surface area contributed by atoms with Gasteiger partial charge in [0.1, 0.15) is 5.75 Å². The van der Waals surface area contributed by atoms with Crippen LogP contribution < -0.4 is 14.4 Å². The molecule has 0 aromatic heterocycles. The minimum Gasteiger partial charge on any atom is -0.494 e. The van der Waals surface area contributed by atoms with Crippen LogP contribution in [-0.4, -0.2) is 27.0 Å². The fourth-order valence-corrected chi connectivity index (χ4v) is 4.91. The second kappa shape index (κ2) is 8.43. The molecule has 1 aliphatic heterocycles. The molecule has 4 rings (SSSR count). The van der Waals surface area contributed by atoms with Crippen LogP contribution in [0.3, 0.4) is 0 Å². The van der Waals surface area contributed by atoms with E-state index in [1.165, 1.54) is 0 Å². The minimum absolute atomic E-state index is 0.0749. The molecule has 0 bridgehead atoms. The van der Waals surface area contributed by atoms with Gasteiger partial charge in [0.2, 0.25) is 0 Å². The molecule has 0 saturated heterocycles. The molecule has 1 heterocycles. The first-order valence-electron chi connectivity index (χ1n) is 10.2. The standard InChI is InChI=1S/C24H24N2O4S/c1-3-30-21-11-9-18(10-12-21)24(27)26-17(2)15-19-16-22(13-14-23(19)26)31(28,29)25-20-7-5-4-6-8-20/h4-14,16-17,25H,3,15H2,1-2H3/t17-/m1/s1. The number of fused-ring (bicyclic) bond motifs is 1. The van der Waals surface area contributed by atoms with Gasteiger partial charge in [0, 0.05) is 23.0 Å². The van der Waals surface area contributed by atoms with Gasteiger partial charge in [-0.2, -0.15) is 0 Å². The third-order valence-corrected chi connectivity index (χ3v) is 6.61. The first-order chi connectivity index (χ1) is 14.9. The quantitative estimate of drug-likeness (QED) is 0.618. The number of nitrogens with one attached hydrogen (secondary N) is 1. The van der Waals surface area contributed by atoms with Crippen molar-refractivity contribution in [2.24, 2.45) is 0 Å². The van der Waals surface area contributed by atoms with Gasteiger partial charge in [-0.3, -0.25) is 9.52 Å². The van der Waals surface area contributed by atoms with E-state index in [4.69, 9.17) is 4.74 Å². The summed E-state index contributed by atoms with van der Waals surface area (Å²) < 4.78 is 33.6. The molecule has 0 saturated carbocycles. The van der Waals surface area contributed by atoms with E-state index in [9.17, 15) is 13.2 Å². The highest BCUT2D eigenvalue weighted by atomic mass is 32.2. The molecule has 0 radical (unpaired) electrons. The normalized spacial score (nSPS) is 15.4. The lowest BCUT2D eigenvalue weighted by molar-refractivity contribution is 0.0981. The predicted octanol–water partition coefficient (Wildman–Crippen LogP) is 4.48. The van der Waals surface area contributed by atoms with Crippen LogP contribution in [0, 0.1) is 0 Å². The molecule has 7 heteroatoms. The van der Waals surface area contributed by atoms with E-state index in [2.05, 4.69) is 4.72 Å². The number of sulfonamides is 1. The number of carbonyl (C=O) groups is 1. The number of hydrogen-bond donors (Lipinski definition) is 1. The third-order valence-electron chi connectivity index (χ3n) is 5.23. The van der Waals surface area contributed by atoms with Crippen LogP contribution >= 0.6 is 0 Å². The maximum Gasteiger partial charge on any atom is 0.261 e. The van der Waals surface area contributed by atoms with Gasteiger partial charge in [-0.1, -0.05) is 18.2 Å². The topological polar surface area (TPSA) is 75.7 Å². The predicted molar refractivity (Wildman–Crippen MR) is 121 cm³/mol. The molecule has 0 unspecified atom stereocenters. The number of nitrogens with zero attached hydrogens (tertiary/aromatic N) is 1.